The van der Waals surface area contributed by atoms with Crippen LogP contribution >= 0.6 is 0 Å². The number of rotatable bonds is 7. The molecule has 8 nitrogen and oxygen atoms in total. The van der Waals surface area contributed by atoms with Crippen LogP contribution in [-0.2, 0) is 9.59 Å². The van der Waals surface area contributed by atoms with Crippen LogP contribution in [0.1, 0.15) is 27.8 Å². The molecule has 25 heavy (non-hydrogen) atoms. The molecule has 0 aliphatic rings. The molecule has 0 fully saturated rings. The normalized spacial score (nSPS) is 9.96. The summed E-state index contributed by atoms with van der Waals surface area (Å²) in [5, 5.41) is 7.31. The van der Waals surface area contributed by atoms with Crippen molar-refractivity contribution in [1.82, 2.24) is 10.6 Å². The molecule has 0 aliphatic carbocycles. The average Bonchev–Trinajstić information content (AvgIpc) is 3.12. The van der Waals surface area contributed by atoms with E-state index in [9.17, 15) is 19.2 Å². The van der Waals surface area contributed by atoms with Crippen LogP contribution in [0.15, 0.2) is 47.1 Å². The molecule has 0 spiro atoms. The van der Waals surface area contributed by atoms with Gasteiger partial charge in [-0.05, 0) is 31.2 Å². The summed E-state index contributed by atoms with van der Waals surface area (Å²) in [4.78, 5) is 46.3. The third kappa shape index (κ3) is 5.61. The van der Waals surface area contributed by atoms with Crippen LogP contribution in [0.25, 0.3) is 0 Å². The van der Waals surface area contributed by atoms with Crippen LogP contribution in [0.5, 0.6) is 0 Å². The summed E-state index contributed by atoms with van der Waals surface area (Å²) in [6, 6.07) is 9.49. The highest BCUT2D eigenvalue weighted by molar-refractivity contribution is 5.99. The summed E-state index contributed by atoms with van der Waals surface area (Å²) < 4.78 is 4.89. The van der Waals surface area contributed by atoms with E-state index in [1.807, 2.05) is 0 Å². The molecule has 0 radical (unpaired) electrons. The third-order valence-corrected chi connectivity index (χ3v) is 3.15. The van der Waals surface area contributed by atoms with Crippen molar-refractivity contribution in [1.29, 1.82) is 0 Å². The van der Waals surface area contributed by atoms with Gasteiger partial charge in [0.1, 0.15) is 0 Å². The molecule has 1 aromatic heterocycles. The predicted octanol–water partition coefficient (Wildman–Crippen LogP) is 0.967. The molecule has 130 valence electrons. The van der Waals surface area contributed by atoms with E-state index in [1.165, 1.54) is 19.3 Å². The smallest absolute Gasteiger partial charge is 0.287 e. The Hall–Kier alpha value is -3.42. The maximum atomic E-state index is 11.8. The molecule has 0 saturated heterocycles. The molecule has 1 aromatic carbocycles. The minimum Gasteiger partial charge on any atom is -0.459 e. The fraction of sp³-hybridized carbons (Fsp3) is 0.176. The van der Waals surface area contributed by atoms with Crippen molar-refractivity contribution in [2.75, 3.05) is 18.4 Å². The van der Waals surface area contributed by atoms with Crippen LogP contribution in [0.4, 0.5) is 5.69 Å². The molecule has 8 heteroatoms. The van der Waals surface area contributed by atoms with Gasteiger partial charge in [-0.1, -0.05) is 12.1 Å². The second-order valence-electron chi connectivity index (χ2n) is 5.12. The number of hydrogen-bond donors (Lipinski definition) is 3. The summed E-state index contributed by atoms with van der Waals surface area (Å²) in [5.41, 5.74) is 0.931. The van der Waals surface area contributed by atoms with Crippen LogP contribution in [-0.4, -0.2) is 36.6 Å². The summed E-state index contributed by atoms with van der Waals surface area (Å²) in [7, 11) is 0. The standard InChI is InChI=1S/C17H17N3O5/c1-11(21)12-4-2-5-13(8-12)20-16(23)10-18-15(22)9-19-17(24)14-6-3-7-25-14/h2-8H,9-10H2,1H3,(H,18,22)(H,19,24)(H,20,23). The van der Waals surface area contributed by atoms with Gasteiger partial charge in [0.2, 0.25) is 11.8 Å². The number of anilines is 1. The van der Waals surface area contributed by atoms with Crippen LogP contribution in [0.3, 0.4) is 0 Å². The fourth-order valence-electron chi connectivity index (χ4n) is 1.92. The van der Waals surface area contributed by atoms with E-state index in [0.29, 0.717) is 11.3 Å². The minimum absolute atomic E-state index is 0.0934. The minimum atomic E-state index is -0.523. The highest BCUT2D eigenvalue weighted by Gasteiger charge is 2.11. The van der Waals surface area contributed by atoms with Crippen LogP contribution in [0.2, 0.25) is 0 Å². The van der Waals surface area contributed by atoms with Crippen molar-refractivity contribution >= 4 is 29.2 Å². The van der Waals surface area contributed by atoms with Gasteiger partial charge in [0.05, 0.1) is 19.4 Å². The SMILES string of the molecule is CC(=O)c1cccc(NC(=O)CNC(=O)CNC(=O)c2ccco2)c1. The number of Topliss-reactive ketones (excluding diaryl/α,β-unsaturated/α-hetero) is 1. The van der Waals surface area contributed by atoms with Gasteiger partial charge in [0, 0.05) is 11.3 Å². The first-order valence-corrected chi connectivity index (χ1v) is 7.45. The van der Waals surface area contributed by atoms with Crippen LogP contribution < -0.4 is 16.0 Å². The molecule has 0 bridgehead atoms. The maximum absolute atomic E-state index is 11.8. The predicted molar refractivity (Wildman–Crippen MR) is 89.1 cm³/mol. The fourth-order valence-corrected chi connectivity index (χ4v) is 1.92. The first kappa shape index (κ1) is 17.9. The molecule has 0 aliphatic heterocycles. The zero-order valence-electron chi connectivity index (χ0n) is 13.5. The van der Waals surface area contributed by atoms with Gasteiger partial charge in [-0.3, -0.25) is 19.2 Å². The molecule has 2 rings (SSSR count). The molecule has 0 atom stereocenters. The van der Waals surface area contributed by atoms with Crippen molar-refractivity contribution in [3.05, 3.63) is 54.0 Å². The zero-order chi connectivity index (χ0) is 18.2. The van der Waals surface area contributed by atoms with Crippen molar-refractivity contribution in [3.8, 4) is 0 Å². The highest BCUT2D eigenvalue weighted by atomic mass is 16.3. The Balaban J connectivity index is 1.74. The maximum Gasteiger partial charge on any atom is 0.287 e. The van der Waals surface area contributed by atoms with Gasteiger partial charge in [0.15, 0.2) is 11.5 Å². The summed E-state index contributed by atoms with van der Waals surface area (Å²) in [6.45, 7) is 0.880. The molecule has 0 saturated carbocycles. The van der Waals surface area contributed by atoms with Crippen molar-refractivity contribution < 1.29 is 23.6 Å². The van der Waals surface area contributed by atoms with Gasteiger partial charge in [-0.2, -0.15) is 0 Å². The zero-order valence-corrected chi connectivity index (χ0v) is 13.5. The number of nitrogens with one attached hydrogen (secondary N) is 3. The Kier molecular flexibility index (Phi) is 6.05. The lowest BCUT2D eigenvalue weighted by molar-refractivity contribution is -0.123. The van der Waals surface area contributed by atoms with Crippen molar-refractivity contribution in [2.45, 2.75) is 6.92 Å². The Bertz CT molecular complexity index is 783. The number of ketones is 1. The Morgan fingerprint density at radius 1 is 0.960 bits per heavy atom. The molecule has 3 amide bonds. The van der Waals surface area contributed by atoms with E-state index in [4.69, 9.17) is 4.42 Å². The van der Waals surface area contributed by atoms with Crippen molar-refractivity contribution in [3.63, 3.8) is 0 Å². The number of carbonyl (C=O) groups is 4. The topological polar surface area (TPSA) is 118 Å². The van der Waals surface area contributed by atoms with E-state index < -0.39 is 17.7 Å². The lowest BCUT2D eigenvalue weighted by atomic mass is 10.1. The second kappa shape index (κ2) is 8.44. The van der Waals surface area contributed by atoms with E-state index in [-0.39, 0.29) is 24.6 Å². The monoisotopic (exact) mass is 343 g/mol. The first-order chi connectivity index (χ1) is 12.0. The van der Waals surface area contributed by atoms with E-state index in [2.05, 4.69) is 16.0 Å². The summed E-state index contributed by atoms with van der Waals surface area (Å²) in [6.07, 6.45) is 1.35. The molecular weight excluding hydrogens is 326 g/mol. The van der Waals surface area contributed by atoms with E-state index in [1.54, 1.807) is 30.3 Å². The number of carbonyl (C=O) groups excluding carboxylic acids is 4. The molecule has 1 heterocycles. The number of hydrogen-bond acceptors (Lipinski definition) is 5. The lowest BCUT2D eigenvalue weighted by Crippen LogP contribution is -2.40. The quantitative estimate of drug-likeness (QED) is 0.648. The number of benzene rings is 1. The van der Waals surface area contributed by atoms with E-state index >= 15 is 0 Å². The first-order valence-electron chi connectivity index (χ1n) is 7.45. The molecule has 3 N–H and O–H groups in total. The van der Waals surface area contributed by atoms with Crippen LogP contribution in [0, 0.1) is 0 Å². The van der Waals surface area contributed by atoms with Gasteiger partial charge in [-0.25, -0.2) is 0 Å². The lowest BCUT2D eigenvalue weighted by Gasteiger charge is -2.08. The largest absolute Gasteiger partial charge is 0.459 e. The molecule has 0 unspecified atom stereocenters. The number of furan rings is 1. The number of amides is 3. The molecule has 2 aromatic rings. The van der Waals surface area contributed by atoms with E-state index in [0.717, 1.165) is 0 Å². The Morgan fingerprint density at radius 2 is 1.72 bits per heavy atom. The Morgan fingerprint density at radius 3 is 2.40 bits per heavy atom. The average molecular weight is 343 g/mol. The van der Waals surface area contributed by atoms with Gasteiger partial charge in [-0.15, -0.1) is 0 Å². The van der Waals surface area contributed by atoms with Gasteiger partial charge < -0.3 is 20.4 Å². The second-order valence-corrected chi connectivity index (χ2v) is 5.12. The van der Waals surface area contributed by atoms with Gasteiger partial charge >= 0.3 is 0 Å². The third-order valence-electron chi connectivity index (χ3n) is 3.15. The summed E-state index contributed by atoms with van der Waals surface area (Å²) >= 11 is 0. The van der Waals surface area contributed by atoms with Gasteiger partial charge in [0.25, 0.3) is 5.91 Å². The summed E-state index contributed by atoms with van der Waals surface area (Å²) in [5.74, 6) is -1.52. The molecular formula is C17H17N3O5. The highest BCUT2D eigenvalue weighted by Crippen LogP contribution is 2.10. The Labute approximate surface area is 143 Å². The van der Waals surface area contributed by atoms with Crippen molar-refractivity contribution in [2.24, 2.45) is 0 Å².